The summed E-state index contributed by atoms with van der Waals surface area (Å²) in [5.41, 5.74) is 15.9. The summed E-state index contributed by atoms with van der Waals surface area (Å²) in [5.74, 6) is 1.83. The fourth-order valence-electron chi connectivity index (χ4n) is 9.63. The standard InChI is InChI=1S/C49H32O/c1-48(34-15-3-2-4-16-34)42-22-9-10-24-45(42)50-46-30-33(26-28-43(46)48)32-25-27-41-38(29-32)36-18-6-8-21-40(36)49(41)39-20-7-5-17-35(39)37-19-11-13-31-14-12-23-44(49)47(31)37/h2-30H,1H3. The topological polar surface area (TPSA) is 9.23 Å². The fourth-order valence-corrected chi connectivity index (χ4v) is 9.63. The highest BCUT2D eigenvalue weighted by atomic mass is 16.5. The SMILES string of the molecule is CC1(c2ccccc2)c2ccccc2Oc2cc(-c3ccc4c(c3)-c3ccccc3C43c4ccccc4-c4cccc5cccc3c45)ccc21. The molecule has 0 amide bonds. The van der Waals surface area contributed by atoms with Crippen molar-refractivity contribution in [2.24, 2.45) is 0 Å². The number of benzene rings is 8. The number of hydrogen-bond acceptors (Lipinski definition) is 1. The summed E-state index contributed by atoms with van der Waals surface area (Å²) in [5, 5.41) is 2.64. The summed E-state index contributed by atoms with van der Waals surface area (Å²) in [7, 11) is 0. The fraction of sp³-hybridized carbons (Fsp3) is 0.0612. The van der Waals surface area contributed by atoms with Crippen LogP contribution in [-0.2, 0) is 10.8 Å². The maximum absolute atomic E-state index is 6.70. The van der Waals surface area contributed by atoms with Crippen LogP contribution in [0.15, 0.2) is 176 Å². The van der Waals surface area contributed by atoms with E-state index in [1.165, 1.54) is 77.5 Å². The zero-order chi connectivity index (χ0) is 33.0. The molecule has 3 aliphatic rings. The van der Waals surface area contributed by atoms with Gasteiger partial charge in [0.2, 0.25) is 0 Å². The monoisotopic (exact) mass is 636 g/mol. The van der Waals surface area contributed by atoms with Crippen LogP contribution in [0.3, 0.4) is 0 Å². The first kappa shape index (κ1) is 27.7. The molecule has 234 valence electrons. The summed E-state index contributed by atoms with van der Waals surface area (Å²) in [6.07, 6.45) is 0. The largest absolute Gasteiger partial charge is 0.457 e. The van der Waals surface area contributed by atoms with Gasteiger partial charge in [0.05, 0.1) is 5.41 Å². The van der Waals surface area contributed by atoms with Gasteiger partial charge in [0.15, 0.2) is 0 Å². The minimum Gasteiger partial charge on any atom is -0.457 e. The molecule has 1 heteroatoms. The molecule has 2 unspecified atom stereocenters. The Hall–Kier alpha value is -6.18. The third kappa shape index (κ3) is 3.42. The first-order valence-electron chi connectivity index (χ1n) is 17.5. The molecule has 2 atom stereocenters. The second-order valence-corrected chi connectivity index (χ2v) is 14.1. The lowest BCUT2D eigenvalue weighted by molar-refractivity contribution is 0.427. The van der Waals surface area contributed by atoms with Crippen LogP contribution in [0.25, 0.3) is 44.2 Å². The average Bonchev–Trinajstić information content (AvgIpc) is 3.47. The molecule has 1 nitrogen and oxygen atoms in total. The molecule has 0 aromatic heterocycles. The van der Waals surface area contributed by atoms with Gasteiger partial charge in [-0.1, -0.05) is 158 Å². The van der Waals surface area contributed by atoms with Gasteiger partial charge in [-0.25, -0.2) is 0 Å². The lowest BCUT2D eigenvalue weighted by atomic mass is 9.61. The van der Waals surface area contributed by atoms with Gasteiger partial charge in [-0.3, -0.25) is 0 Å². The normalized spacial score (nSPS) is 18.8. The number of hydrogen-bond donors (Lipinski definition) is 0. The molecule has 1 aliphatic heterocycles. The number of para-hydroxylation sites is 1. The van der Waals surface area contributed by atoms with Crippen LogP contribution in [0.4, 0.5) is 0 Å². The Labute approximate surface area is 292 Å². The second-order valence-electron chi connectivity index (χ2n) is 14.1. The molecule has 8 aromatic carbocycles. The smallest absolute Gasteiger partial charge is 0.132 e. The quantitative estimate of drug-likeness (QED) is 0.183. The third-order valence-electron chi connectivity index (χ3n) is 11.8. The molecule has 0 radical (unpaired) electrons. The Bertz CT molecular complexity index is 2700. The molecule has 1 spiro atoms. The molecular weight excluding hydrogens is 605 g/mol. The van der Waals surface area contributed by atoms with E-state index in [9.17, 15) is 0 Å². The van der Waals surface area contributed by atoms with Crippen molar-refractivity contribution in [2.75, 3.05) is 0 Å². The summed E-state index contributed by atoms with van der Waals surface area (Å²) < 4.78 is 6.70. The van der Waals surface area contributed by atoms with Crippen molar-refractivity contribution in [2.45, 2.75) is 17.8 Å². The van der Waals surface area contributed by atoms with E-state index in [0.29, 0.717) is 0 Å². The van der Waals surface area contributed by atoms with Gasteiger partial charge >= 0.3 is 0 Å². The second kappa shape index (κ2) is 9.94. The van der Waals surface area contributed by atoms with Crippen LogP contribution in [0.5, 0.6) is 11.5 Å². The summed E-state index contributed by atoms with van der Waals surface area (Å²) in [6, 6.07) is 65.0. The van der Waals surface area contributed by atoms with Crippen LogP contribution in [0.1, 0.15) is 45.9 Å². The zero-order valence-corrected chi connectivity index (χ0v) is 27.7. The van der Waals surface area contributed by atoms with Gasteiger partial charge in [0.25, 0.3) is 0 Å². The van der Waals surface area contributed by atoms with Crippen molar-refractivity contribution in [1.82, 2.24) is 0 Å². The number of ether oxygens (including phenoxy) is 1. The number of fused-ring (bicyclic) bond motifs is 11. The van der Waals surface area contributed by atoms with Crippen molar-refractivity contribution < 1.29 is 4.74 Å². The van der Waals surface area contributed by atoms with Crippen LogP contribution in [-0.4, -0.2) is 0 Å². The first-order chi connectivity index (χ1) is 24.7. The third-order valence-corrected chi connectivity index (χ3v) is 11.8. The van der Waals surface area contributed by atoms with Gasteiger partial charge in [-0.15, -0.1) is 0 Å². The van der Waals surface area contributed by atoms with E-state index >= 15 is 0 Å². The predicted molar refractivity (Wildman–Crippen MR) is 204 cm³/mol. The highest BCUT2D eigenvalue weighted by molar-refractivity contribution is 6.07. The van der Waals surface area contributed by atoms with E-state index < -0.39 is 5.41 Å². The van der Waals surface area contributed by atoms with Crippen LogP contribution < -0.4 is 4.74 Å². The van der Waals surface area contributed by atoms with E-state index in [4.69, 9.17) is 4.74 Å². The summed E-state index contributed by atoms with van der Waals surface area (Å²) >= 11 is 0. The van der Waals surface area contributed by atoms with E-state index in [2.05, 4.69) is 183 Å². The van der Waals surface area contributed by atoms with Crippen LogP contribution >= 0.6 is 0 Å². The van der Waals surface area contributed by atoms with Crippen molar-refractivity contribution in [1.29, 1.82) is 0 Å². The van der Waals surface area contributed by atoms with Crippen LogP contribution in [0.2, 0.25) is 0 Å². The Kier molecular flexibility index (Phi) is 5.51. The maximum atomic E-state index is 6.70. The Morgan fingerprint density at radius 3 is 1.70 bits per heavy atom. The zero-order valence-electron chi connectivity index (χ0n) is 27.7. The van der Waals surface area contributed by atoms with Crippen LogP contribution in [0, 0.1) is 0 Å². The Balaban J connectivity index is 1.13. The average molecular weight is 637 g/mol. The predicted octanol–water partition coefficient (Wildman–Crippen LogP) is 12.3. The molecule has 2 aliphatic carbocycles. The summed E-state index contributed by atoms with van der Waals surface area (Å²) in [4.78, 5) is 0. The van der Waals surface area contributed by atoms with Gasteiger partial charge in [-0.05, 0) is 97.1 Å². The van der Waals surface area contributed by atoms with E-state index in [1.54, 1.807) is 0 Å². The Morgan fingerprint density at radius 2 is 0.920 bits per heavy atom. The van der Waals surface area contributed by atoms with Crippen molar-refractivity contribution in [3.05, 3.63) is 215 Å². The van der Waals surface area contributed by atoms with E-state index in [0.717, 1.165) is 17.1 Å². The number of rotatable bonds is 2. The van der Waals surface area contributed by atoms with E-state index in [1.807, 2.05) is 0 Å². The molecule has 0 saturated heterocycles. The lowest BCUT2D eigenvalue weighted by Gasteiger charge is -2.40. The van der Waals surface area contributed by atoms with Gasteiger partial charge in [-0.2, -0.15) is 0 Å². The molecule has 0 N–H and O–H groups in total. The Morgan fingerprint density at radius 1 is 0.380 bits per heavy atom. The molecule has 1 heterocycles. The van der Waals surface area contributed by atoms with Crippen molar-refractivity contribution in [3.63, 3.8) is 0 Å². The molecule has 8 aromatic rings. The van der Waals surface area contributed by atoms with Gasteiger partial charge < -0.3 is 4.74 Å². The van der Waals surface area contributed by atoms with Crippen molar-refractivity contribution in [3.8, 4) is 44.9 Å². The highest BCUT2D eigenvalue weighted by Gasteiger charge is 2.50. The molecule has 0 bridgehead atoms. The first-order valence-corrected chi connectivity index (χ1v) is 17.5. The minimum atomic E-state index is -0.408. The molecular formula is C49H32O. The minimum absolute atomic E-state index is 0.334. The molecule has 50 heavy (non-hydrogen) atoms. The van der Waals surface area contributed by atoms with Crippen molar-refractivity contribution >= 4 is 10.8 Å². The molecule has 11 rings (SSSR count). The summed E-state index contributed by atoms with van der Waals surface area (Å²) in [6.45, 7) is 2.33. The maximum Gasteiger partial charge on any atom is 0.132 e. The molecule has 0 saturated carbocycles. The molecule has 0 fully saturated rings. The van der Waals surface area contributed by atoms with E-state index in [-0.39, 0.29) is 5.41 Å². The van der Waals surface area contributed by atoms with Gasteiger partial charge in [0.1, 0.15) is 11.5 Å². The van der Waals surface area contributed by atoms with Gasteiger partial charge in [0, 0.05) is 16.5 Å². The highest BCUT2D eigenvalue weighted by Crippen LogP contribution is 2.62. The lowest BCUT2D eigenvalue weighted by Crippen LogP contribution is -2.31.